The van der Waals surface area contributed by atoms with Crippen molar-refractivity contribution in [2.75, 3.05) is 14.2 Å². The van der Waals surface area contributed by atoms with Gasteiger partial charge in [-0.3, -0.25) is 4.79 Å². The third-order valence-electron chi connectivity index (χ3n) is 6.66. The summed E-state index contributed by atoms with van der Waals surface area (Å²) in [6.07, 6.45) is 0. The molecular weight excluding hydrogens is 566 g/mol. The smallest absolute Gasteiger partial charge is 1.00 e. The van der Waals surface area contributed by atoms with Crippen LogP contribution in [-0.4, -0.2) is 19.7 Å². The van der Waals surface area contributed by atoms with E-state index in [1.165, 1.54) is 14.2 Å². The summed E-state index contributed by atoms with van der Waals surface area (Å²) < 4.78 is 30.1. The Labute approximate surface area is 273 Å². The molecule has 0 aliphatic carbocycles. The SMILES string of the molecule is COc1cccc(OC)c1C(=O)Pc1c(OCc2ccccc2)cc(OCc2ccccc2)cc1OCc1ccccc1.[H-].[Li+]. The summed E-state index contributed by atoms with van der Waals surface area (Å²) in [5, 5.41) is 0.636. The second-order valence-electron chi connectivity index (χ2n) is 9.61. The molecule has 5 aromatic rings. The van der Waals surface area contributed by atoms with Crippen LogP contribution in [0.2, 0.25) is 0 Å². The molecule has 8 heteroatoms. The monoisotopic (exact) mass is 600 g/mol. The Hall–Kier alpha value is -4.20. The van der Waals surface area contributed by atoms with Gasteiger partial charge in [-0.15, -0.1) is 0 Å². The van der Waals surface area contributed by atoms with Crippen molar-refractivity contribution in [3.63, 3.8) is 0 Å². The van der Waals surface area contributed by atoms with Gasteiger partial charge in [0.2, 0.25) is 0 Å². The van der Waals surface area contributed by atoms with Crippen LogP contribution in [0, 0.1) is 0 Å². The van der Waals surface area contributed by atoms with E-state index in [1.807, 2.05) is 103 Å². The molecule has 0 aromatic heterocycles. The zero-order valence-corrected chi connectivity index (χ0v) is 26.1. The molecule has 0 saturated carbocycles. The van der Waals surface area contributed by atoms with Crippen molar-refractivity contribution in [3.8, 4) is 28.7 Å². The van der Waals surface area contributed by atoms with E-state index in [0.29, 0.717) is 59.4 Å². The minimum Gasteiger partial charge on any atom is -1.00 e. The van der Waals surface area contributed by atoms with Crippen LogP contribution < -0.4 is 47.8 Å². The normalized spacial score (nSPS) is 10.6. The molecule has 0 spiro atoms. The molecule has 0 aliphatic rings. The molecule has 44 heavy (non-hydrogen) atoms. The molecule has 1 atom stereocenters. The molecule has 0 saturated heterocycles. The van der Waals surface area contributed by atoms with Crippen LogP contribution in [0.1, 0.15) is 28.5 Å². The van der Waals surface area contributed by atoms with Crippen molar-refractivity contribution in [2.45, 2.75) is 19.8 Å². The Bertz CT molecular complexity index is 1550. The number of carbonyl (C=O) groups is 1. The summed E-state index contributed by atoms with van der Waals surface area (Å²) in [7, 11) is 2.73. The van der Waals surface area contributed by atoms with Gasteiger partial charge in [-0.1, -0.05) is 97.1 Å². The van der Waals surface area contributed by atoms with Crippen molar-refractivity contribution in [1.82, 2.24) is 0 Å². The Morgan fingerprint density at radius 3 is 1.39 bits per heavy atom. The van der Waals surface area contributed by atoms with Crippen molar-refractivity contribution in [2.24, 2.45) is 0 Å². The van der Waals surface area contributed by atoms with Crippen LogP contribution in [0.25, 0.3) is 0 Å². The van der Waals surface area contributed by atoms with Crippen molar-refractivity contribution < 1.29 is 48.8 Å². The maximum Gasteiger partial charge on any atom is 1.00 e. The zero-order valence-electron chi connectivity index (χ0n) is 26.1. The Kier molecular flexibility index (Phi) is 12.3. The van der Waals surface area contributed by atoms with Gasteiger partial charge in [-0.2, -0.15) is 0 Å². The summed E-state index contributed by atoms with van der Waals surface area (Å²) >= 11 is 0. The molecule has 6 nitrogen and oxygen atoms in total. The number of rotatable bonds is 14. The van der Waals surface area contributed by atoms with Crippen molar-refractivity contribution in [1.29, 1.82) is 0 Å². The maximum atomic E-state index is 13.9. The number of hydrogen-bond acceptors (Lipinski definition) is 6. The average Bonchev–Trinajstić information content (AvgIpc) is 3.07. The van der Waals surface area contributed by atoms with E-state index in [9.17, 15) is 4.79 Å². The van der Waals surface area contributed by atoms with E-state index in [4.69, 9.17) is 23.7 Å². The average molecular weight is 601 g/mol. The maximum absolute atomic E-state index is 13.9. The standard InChI is InChI=1S/C36H33O6P.Li.H/c1-38-30-19-12-20-31(39-2)34(30)36(37)43-35-32(41-24-27-15-8-4-9-16-27)21-29(40-23-26-13-6-3-7-14-26)22-33(35)42-25-28-17-10-5-11-18-28;;/h3-22,43H,23-25H2,1-2H3;;/q;+1;-1. The van der Waals surface area contributed by atoms with E-state index in [0.717, 1.165) is 16.7 Å². The van der Waals surface area contributed by atoms with Gasteiger partial charge < -0.3 is 25.1 Å². The fourth-order valence-corrected chi connectivity index (χ4v) is 5.60. The summed E-state index contributed by atoms with van der Waals surface area (Å²) in [5.41, 5.74) is 3.23. The van der Waals surface area contributed by atoms with Gasteiger partial charge in [0.15, 0.2) is 5.52 Å². The van der Waals surface area contributed by atoms with E-state index < -0.39 is 0 Å². The number of carbonyl (C=O) groups excluding carboxylic acids is 1. The van der Waals surface area contributed by atoms with Crippen LogP contribution in [0.3, 0.4) is 0 Å². The van der Waals surface area contributed by atoms with Crippen molar-refractivity contribution >= 4 is 19.4 Å². The Morgan fingerprint density at radius 1 is 0.568 bits per heavy atom. The van der Waals surface area contributed by atoms with Crippen LogP contribution in [0.5, 0.6) is 28.7 Å². The molecule has 5 rings (SSSR count). The molecule has 220 valence electrons. The minimum atomic E-state index is -0.346. The molecule has 0 bridgehead atoms. The van der Waals surface area contributed by atoms with Gasteiger partial charge in [0.25, 0.3) is 0 Å². The topological polar surface area (TPSA) is 63.2 Å². The summed E-state index contributed by atoms with van der Waals surface area (Å²) in [6.45, 7) is 0.992. The number of methoxy groups -OCH3 is 2. The summed E-state index contributed by atoms with van der Waals surface area (Å²) in [5.74, 6) is 2.48. The first kappa shape index (κ1) is 32.7. The molecule has 0 aliphatic heterocycles. The Balaban J connectivity index is 0.00000276. The molecule has 0 fully saturated rings. The van der Waals surface area contributed by atoms with Crippen LogP contribution >= 0.6 is 8.58 Å². The second kappa shape index (κ2) is 16.6. The fourth-order valence-electron chi connectivity index (χ4n) is 4.46. The van der Waals surface area contributed by atoms with Gasteiger partial charge >= 0.3 is 18.9 Å². The van der Waals surface area contributed by atoms with Gasteiger partial charge in [0.1, 0.15) is 54.1 Å². The molecule has 5 aromatic carbocycles. The first-order valence-electron chi connectivity index (χ1n) is 13.8. The van der Waals surface area contributed by atoms with E-state index >= 15 is 0 Å². The van der Waals surface area contributed by atoms with Gasteiger partial charge in [0, 0.05) is 12.1 Å². The summed E-state index contributed by atoms with van der Waals surface area (Å²) in [6, 6.07) is 38.7. The van der Waals surface area contributed by atoms with Crippen LogP contribution in [0.4, 0.5) is 0 Å². The fraction of sp³-hybridized carbons (Fsp3) is 0.139. The van der Waals surface area contributed by atoms with Crippen LogP contribution in [-0.2, 0) is 19.8 Å². The third-order valence-corrected chi connectivity index (χ3v) is 7.88. The van der Waals surface area contributed by atoms with Gasteiger partial charge in [-0.05, 0) is 37.4 Å². The number of hydrogen-bond donors (Lipinski definition) is 0. The van der Waals surface area contributed by atoms with E-state index in [1.54, 1.807) is 18.2 Å². The van der Waals surface area contributed by atoms with Crippen LogP contribution in [0.15, 0.2) is 121 Å². The minimum absolute atomic E-state index is 0. The predicted molar refractivity (Wildman–Crippen MR) is 172 cm³/mol. The zero-order chi connectivity index (χ0) is 29.9. The second-order valence-corrected chi connectivity index (χ2v) is 10.8. The largest absolute Gasteiger partial charge is 1.00 e. The molecule has 1 unspecified atom stereocenters. The van der Waals surface area contributed by atoms with Gasteiger partial charge in [0.05, 0.1) is 19.5 Å². The Morgan fingerprint density at radius 2 is 0.977 bits per heavy atom. The quantitative estimate of drug-likeness (QED) is 0.136. The molecule has 0 N–H and O–H groups in total. The third kappa shape index (κ3) is 8.68. The number of ether oxygens (including phenoxy) is 5. The predicted octanol–water partition coefficient (Wildman–Crippen LogP) is 4.70. The molecular formula is C36H34LiO6P. The van der Waals surface area contributed by atoms with Gasteiger partial charge in [-0.25, -0.2) is 0 Å². The van der Waals surface area contributed by atoms with Crippen molar-refractivity contribution in [3.05, 3.63) is 144 Å². The van der Waals surface area contributed by atoms with E-state index in [-0.39, 0.29) is 34.4 Å². The van der Waals surface area contributed by atoms with E-state index in [2.05, 4.69) is 0 Å². The molecule has 0 amide bonds. The first-order valence-corrected chi connectivity index (χ1v) is 14.8. The first-order chi connectivity index (χ1) is 21.1. The molecule has 0 heterocycles. The number of benzene rings is 5. The molecule has 0 radical (unpaired) electrons. The summed E-state index contributed by atoms with van der Waals surface area (Å²) in [4.78, 5) is 13.9.